The van der Waals surface area contributed by atoms with E-state index >= 15 is 0 Å². The van der Waals surface area contributed by atoms with Crippen LogP contribution in [0.5, 0.6) is 0 Å². The summed E-state index contributed by atoms with van der Waals surface area (Å²) in [7, 11) is 0. The van der Waals surface area contributed by atoms with Crippen LogP contribution in [0.1, 0.15) is 56.2 Å². The lowest BCUT2D eigenvalue weighted by Crippen LogP contribution is -2.32. The fraction of sp³-hybridized carbons (Fsp3) is 0.500. The maximum Gasteiger partial charge on any atom is 0.0486 e. The van der Waals surface area contributed by atoms with Gasteiger partial charge in [-0.05, 0) is 87.0 Å². The number of aromatic nitrogens is 1. The highest BCUT2D eigenvalue weighted by Gasteiger charge is 2.19. The molecular formula is C28H39N3. The Morgan fingerprint density at radius 2 is 1.81 bits per heavy atom. The van der Waals surface area contributed by atoms with E-state index in [1.165, 1.54) is 71.1 Å². The number of aryl methyl sites for hydroxylation is 3. The van der Waals surface area contributed by atoms with Gasteiger partial charge in [-0.2, -0.15) is 0 Å². The normalized spacial score (nSPS) is 15.7. The van der Waals surface area contributed by atoms with Gasteiger partial charge in [0.2, 0.25) is 0 Å². The molecule has 0 unspecified atom stereocenters. The van der Waals surface area contributed by atoms with Crippen molar-refractivity contribution in [3.63, 3.8) is 0 Å². The van der Waals surface area contributed by atoms with E-state index < -0.39 is 0 Å². The topological polar surface area (TPSA) is 34.2 Å². The second-order valence-corrected chi connectivity index (χ2v) is 9.37. The third-order valence-electron chi connectivity index (χ3n) is 7.17. The Morgan fingerprint density at radius 1 is 1.00 bits per heavy atom. The first-order chi connectivity index (χ1) is 15.1. The lowest BCUT2D eigenvalue weighted by molar-refractivity contribution is 0.175. The molecule has 2 aromatic carbocycles. The highest BCUT2D eigenvalue weighted by molar-refractivity contribution is 5.97. The third-order valence-corrected chi connectivity index (χ3v) is 7.17. The summed E-state index contributed by atoms with van der Waals surface area (Å²) in [5.74, 6) is 0.927. The average Bonchev–Trinajstić information content (AvgIpc) is 3.15. The molecule has 0 radical (unpaired) electrons. The third kappa shape index (κ3) is 4.88. The Balaban J connectivity index is 1.70. The Kier molecular flexibility index (Phi) is 7.14. The maximum absolute atomic E-state index is 5.83. The van der Waals surface area contributed by atoms with Crippen LogP contribution in [-0.4, -0.2) is 29.1 Å². The molecule has 4 rings (SSSR count). The maximum atomic E-state index is 5.83. The second kappa shape index (κ2) is 10.0. The van der Waals surface area contributed by atoms with E-state index in [-0.39, 0.29) is 0 Å². The molecule has 3 heteroatoms. The highest BCUT2D eigenvalue weighted by Crippen LogP contribution is 2.35. The van der Waals surface area contributed by atoms with E-state index in [1.54, 1.807) is 0 Å². The summed E-state index contributed by atoms with van der Waals surface area (Å²) in [5.41, 5.74) is 14.1. The van der Waals surface area contributed by atoms with E-state index in [9.17, 15) is 0 Å². The van der Waals surface area contributed by atoms with Crippen LogP contribution in [0.2, 0.25) is 0 Å². The zero-order valence-electron chi connectivity index (χ0n) is 19.7. The van der Waals surface area contributed by atoms with Crippen LogP contribution in [0, 0.1) is 12.8 Å². The fourth-order valence-corrected chi connectivity index (χ4v) is 5.19. The Hall–Kier alpha value is -2.10. The predicted octanol–water partition coefficient (Wildman–Crippen LogP) is 6.15. The van der Waals surface area contributed by atoms with Crippen LogP contribution in [0.15, 0.2) is 42.6 Å². The lowest BCUT2D eigenvalue weighted by atomic mass is 9.94. The van der Waals surface area contributed by atoms with Crippen molar-refractivity contribution in [1.29, 1.82) is 0 Å². The number of fused-ring (bicyclic) bond motifs is 1. The molecule has 3 nitrogen and oxygen atoms in total. The van der Waals surface area contributed by atoms with Gasteiger partial charge in [-0.15, -0.1) is 0 Å². The van der Waals surface area contributed by atoms with Crippen molar-refractivity contribution < 1.29 is 0 Å². The molecule has 166 valence electrons. The first-order valence-electron chi connectivity index (χ1n) is 12.3. The first-order valence-corrected chi connectivity index (χ1v) is 12.3. The summed E-state index contributed by atoms with van der Waals surface area (Å²) >= 11 is 0. The lowest BCUT2D eigenvalue weighted by Gasteiger charge is -2.31. The molecule has 0 atom stereocenters. The number of nitrogens with zero attached hydrogens (tertiary/aromatic N) is 2. The molecule has 2 heterocycles. The summed E-state index contributed by atoms with van der Waals surface area (Å²) < 4.78 is 2.41. The van der Waals surface area contributed by atoms with Crippen LogP contribution in [0.4, 0.5) is 0 Å². The van der Waals surface area contributed by atoms with Crippen molar-refractivity contribution in [3.05, 3.63) is 59.3 Å². The Bertz CT molecular complexity index is 1010. The van der Waals surface area contributed by atoms with Gasteiger partial charge in [0, 0.05) is 35.8 Å². The van der Waals surface area contributed by atoms with Gasteiger partial charge in [0.05, 0.1) is 0 Å². The van der Waals surface area contributed by atoms with Crippen LogP contribution in [0.3, 0.4) is 0 Å². The van der Waals surface area contributed by atoms with Crippen LogP contribution in [-0.2, 0) is 19.5 Å². The number of hydrogen-bond donors (Lipinski definition) is 1. The summed E-state index contributed by atoms with van der Waals surface area (Å²) in [4.78, 5) is 2.64. The monoisotopic (exact) mass is 417 g/mol. The summed E-state index contributed by atoms with van der Waals surface area (Å²) in [6.07, 6.45) is 8.45. The summed E-state index contributed by atoms with van der Waals surface area (Å²) in [5, 5.41) is 1.39. The predicted molar refractivity (Wildman–Crippen MR) is 133 cm³/mol. The molecular weight excluding hydrogens is 378 g/mol. The Labute approximate surface area is 188 Å². The minimum atomic E-state index is 0.728. The van der Waals surface area contributed by atoms with Gasteiger partial charge >= 0.3 is 0 Å². The van der Waals surface area contributed by atoms with Crippen molar-refractivity contribution in [1.82, 2.24) is 9.47 Å². The number of hydrogen-bond acceptors (Lipinski definition) is 2. The molecule has 0 amide bonds. The second-order valence-electron chi connectivity index (χ2n) is 9.37. The molecule has 1 aliphatic rings. The molecule has 0 aliphatic carbocycles. The molecule has 1 aliphatic heterocycles. The molecule has 1 saturated heterocycles. The molecule has 31 heavy (non-hydrogen) atoms. The highest BCUT2D eigenvalue weighted by atomic mass is 15.1. The van der Waals surface area contributed by atoms with Crippen molar-refractivity contribution >= 4 is 10.9 Å². The van der Waals surface area contributed by atoms with Gasteiger partial charge in [-0.1, -0.05) is 50.1 Å². The zero-order chi connectivity index (χ0) is 21.8. The van der Waals surface area contributed by atoms with Crippen molar-refractivity contribution in [2.75, 3.05) is 19.6 Å². The summed E-state index contributed by atoms with van der Waals surface area (Å²) in [6, 6.07) is 14.0. The molecule has 3 aromatic rings. The minimum absolute atomic E-state index is 0.728. The van der Waals surface area contributed by atoms with E-state index in [0.29, 0.717) is 0 Å². The standard InChI is InChI=1S/C28H39N3/c1-4-22-11-15-30(16-12-22)19-23-8-10-28-26(18-23)27(20-31(28)14-6-13-29)25-9-7-21(3)17-24(25)5-2/h7-10,17-18,20,22H,4-6,11-16,19,29H2,1-3H3. The molecule has 0 spiro atoms. The van der Waals surface area contributed by atoms with Gasteiger partial charge < -0.3 is 10.3 Å². The van der Waals surface area contributed by atoms with Crippen molar-refractivity contribution in [3.8, 4) is 11.1 Å². The molecule has 2 N–H and O–H groups in total. The smallest absolute Gasteiger partial charge is 0.0486 e. The molecule has 0 saturated carbocycles. The zero-order valence-corrected chi connectivity index (χ0v) is 19.7. The van der Waals surface area contributed by atoms with E-state index in [2.05, 4.69) is 72.8 Å². The average molecular weight is 418 g/mol. The van der Waals surface area contributed by atoms with Gasteiger partial charge in [-0.25, -0.2) is 0 Å². The number of likely N-dealkylation sites (tertiary alicyclic amines) is 1. The molecule has 0 bridgehead atoms. The van der Waals surface area contributed by atoms with Gasteiger partial charge in [0.25, 0.3) is 0 Å². The summed E-state index contributed by atoms with van der Waals surface area (Å²) in [6.45, 7) is 12.0. The van der Waals surface area contributed by atoms with Crippen LogP contribution in [0.25, 0.3) is 22.0 Å². The van der Waals surface area contributed by atoms with Gasteiger partial charge in [0.15, 0.2) is 0 Å². The molecule has 1 fully saturated rings. The number of rotatable bonds is 8. The van der Waals surface area contributed by atoms with Crippen molar-refractivity contribution in [2.24, 2.45) is 11.7 Å². The fourth-order valence-electron chi connectivity index (χ4n) is 5.19. The van der Waals surface area contributed by atoms with E-state index in [4.69, 9.17) is 5.73 Å². The van der Waals surface area contributed by atoms with Gasteiger partial charge in [-0.3, -0.25) is 4.90 Å². The largest absolute Gasteiger partial charge is 0.347 e. The van der Waals surface area contributed by atoms with Crippen molar-refractivity contribution in [2.45, 2.75) is 66.0 Å². The van der Waals surface area contributed by atoms with Crippen LogP contribution >= 0.6 is 0 Å². The SMILES string of the molecule is CCc1cc(C)ccc1-c1cn(CCCN)c2ccc(CN3CCC(CC)CC3)cc12. The quantitative estimate of drug-likeness (QED) is 0.477. The van der Waals surface area contributed by atoms with E-state index in [0.717, 1.165) is 38.4 Å². The first kappa shape index (κ1) is 22.1. The number of benzene rings is 2. The minimum Gasteiger partial charge on any atom is -0.347 e. The van der Waals surface area contributed by atoms with Gasteiger partial charge in [0.1, 0.15) is 0 Å². The van der Waals surface area contributed by atoms with Crippen LogP contribution < -0.4 is 5.73 Å². The van der Waals surface area contributed by atoms with E-state index in [1.807, 2.05) is 0 Å². The number of nitrogens with two attached hydrogens (primary N) is 1. The molecule has 1 aromatic heterocycles. The Morgan fingerprint density at radius 3 is 2.52 bits per heavy atom. The number of piperidine rings is 1.